The van der Waals surface area contributed by atoms with Crippen LogP contribution in [0, 0.1) is 12.7 Å². The number of aromatic nitrogens is 1. The molecule has 3 aromatic rings. The number of carbonyl (C=O) groups is 1. The molecule has 0 fully saturated rings. The number of amides is 1. The Balaban J connectivity index is 0.00000560. The van der Waals surface area contributed by atoms with Crippen LogP contribution in [0.25, 0.3) is 0 Å². The van der Waals surface area contributed by atoms with Crippen LogP contribution in [0.3, 0.4) is 0 Å². The summed E-state index contributed by atoms with van der Waals surface area (Å²) in [7, 11) is 0. The molecule has 4 nitrogen and oxygen atoms in total. The van der Waals surface area contributed by atoms with Crippen LogP contribution in [-0.2, 0) is 17.8 Å². The van der Waals surface area contributed by atoms with Crippen LogP contribution >= 0.6 is 11.3 Å². The SMILES string of the molecule is CCCCCCCCCCCCCCOc1c(F)cccc1CC(=O)Nc1cccc(C[n+]2csc(C)c2)c1.[Br-]. The van der Waals surface area contributed by atoms with Gasteiger partial charge in [0.15, 0.2) is 24.3 Å². The van der Waals surface area contributed by atoms with E-state index in [-0.39, 0.29) is 35.1 Å². The number of nitrogens with zero attached hydrogens (tertiary/aromatic N) is 1. The van der Waals surface area contributed by atoms with Crippen LogP contribution in [0.2, 0.25) is 0 Å². The Morgan fingerprint density at radius 3 is 2.23 bits per heavy atom. The lowest BCUT2D eigenvalue weighted by atomic mass is 10.1. The molecule has 40 heavy (non-hydrogen) atoms. The van der Waals surface area contributed by atoms with Crippen molar-refractivity contribution in [2.75, 3.05) is 11.9 Å². The Bertz CT molecular complexity index is 1140. The van der Waals surface area contributed by atoms with Crippen molar-refractivity contribution >= 4 is 22.9 Å². The van der Waals surface area contributed by atoms with Crippen LogP contribution in [0.1, 0.15) is 100.0 Å². The number of unbranched alkanes of at least 4 members (excludes halogenated alkanes) is 11. The summed E-state index contributed by atoms with van der Waals surface area (Å²) < 4.78 is 22.6. The van der Waals surface area contributed by atoms with Gasteiger partial charge in [-0.15, -0.1) is 0 Å². The second kappa shape index (κ2) is 19.8. The van der Waals surface area contributed by atoms with Gasteiger partial charge in [-0.3, -0.25) is 4.79 Å². The van der Waals surface area contributed by atoms with Gasteiger partial charge in [0, 0.05) is 16.8 Å². The van der Waals surface area contributed by atoms with Gasteiger partial charge in [-0.1, -0.05) is 113 Å². The molecule has 1 heterocycles. The zero-order valence-electron chi connectivity index (χ0n) is 24.2. The monoisotopic (exact) mass is 632 g/mol. The second-order valence-electron chi connectivity index (χ2n) is 10.5. The molecule has 220 valence electrons. The summed E-state index contributed by atoms with van der Waals surface area (Å²) in [6.45, 7) is 5.55. The molecule has 0 atom stereocenters. The van der Waals surface area contributed by atoms with E-state index in [0.717, 1.165) is 30.6 Å². The zero-order chi connectivity index (χ0) is 27.7. The summed E-state index contributed by atoms with van der Waals surface area (Å²) in [6.07, 6.45) is 17.4. The van der Waals surface area contributed by atoms with Crippen molar-refractivity contribution in [3.63, 3.8) is 0 Å². The number of ether oxygens (including phenoxy) is 1. The van der Waals surface area contributed by atoms with Gasteiger partial charge in [-0.25, -0.2) is 4.39 Å². The summed E-state index contributed by atoms with van der Waals surface area (Å²) in [5.74, 6) is -0.398. The number of thiazole rings is 1. The lowest BCUT2D eigenvalue weighted by Crippen LogP contribution is -3.00. The van der Waals surface area contributed by atoms with Gasteiger partial charge in [0.25, 0.3) is 0 Å². The molecule has 0 bridgehead atoms. The molecule has 1 amide bonds. The van der Waals surface area contributed by atoms with Crippen molar-refractivity contribution in [2.24, 2.45) is 0 Å². The molecule has 1 aromatic heterocycles. The molecule has 0 saturated heterocycles. The zero-order valence-corrected chi connectivity index (χ0v) is 26.6. The van der Waals surface area contributed by atoms with E-state index in [1.165, 1.54) is 75.2 Å². The summed E-state index contributed by atoms with van der Waals surface area (Å²) in [4.78, 5) is 14.1. The number of benzene rings is 2. The largest absolute Gasteiger partial charge is 1.00 e. The van der Waals surface area contributed by atoms with Crippen LogP contribution < -0.4 is 31.6 Å². The molecule has 0 aliphatic carbocycles. The molecule has 0 aliphatic heterocycles. The van der Waals surface area contributed by atoms with E-state index in [4.69, 9.17) is 4.74 Å². The minimum absolute atomic E-state index is 0. The number of rotatable bonds is 19. The number of hydrogen-bond donors (Lipinski definition) is 1. The van der Waals surface area contributed by atoms with E-state index in [2.05, 4.69) is 35.4 Å². The first-order valence-electron chi connectivity index (χ1n) is 14.8. The van der Waals surface area contributed by atoms with Crippen LogP contribution in [-0.4, -0.2) is 12.5 Å². The number of hydrogen-bond acceptors (Lipinski definition) is 3. The van der Waals surface area contributed by atoms with Gasteiger partial charge in [-0.2, -0.15) is 4.57 Å². The van der Waals surface area contributed by atoms with Gasteiger partial charge >= 0.3 is 0 Å². The van der Waals surface area contributed by atoms with E-state index < -0.39 is 5.82 Å². The van der Waals surface area contributed by atoms with E-state index >= 15 is 0 Å². The fourth-order valence-electron chi connectivity index (χ4n) is 4.84. The molecule has 0 radical (unpaired) electrons. The van der Waals surface area contributed by atoms with Crippen molar-refractivity contribution < 1.29 is 35.5 Å². The van der Waals surface area contributed by atoms with Crippen LogP contribution in [0.5, 0.6) is 5.75 Å². The molecule has 0 spiro atoms. The topological polar surface area (TPSA) is 42.2 Å². The van der Waals surface area contributed by atoms with Crippen molar-refractivity contribution in [2.45, 2.75) is 104 Å². The second-order valence-corrected chi connectivity index (χ2v) is 11.6. The Labute approximate surface area is 255 Å². The molecule has 0 unspecified atom stereocenters. The average Bonchev–Trinajstić information content (AvgIpc) is 3.32. The summed E-state index contributed by atoms with van der Waals surface area (Å²) >= 11 is 1.71. The highest BCUT2D eigenvalue weighted by molar-refractivity contribution is 7.09. The summed E-state index contributed by atoms with van der Waals surface area (Å²) in [6, 6.07) is 12.6. The van der Waals surface area contributed by atoms with Gasteiger partial charge < -0.3 is 27.0 Å². The normalized spacial score (nSPS) is 10.8. The van der Waals surface area contributed by atoms with Crippen LogP contribution in [0.4, 0.5) is 10.1 Å². The highest BCUT2D eigenvalue weighted by atomic mass is 79.9. The number of carbonyl (C=O) groups excluding carboxylic acids is 1. The van der Waals surface area contributed by atoms with Crippen LogP contribution in [0.15, 0.2) is 54.2 Å². The van der Waals surface area contributed by atoms with Crippen molar-refractivity contribution in [1.82, 2.24) is 0 Å². The average molecular weight is 634 g/mol. The van der Waals surface area contributed by atoms with Crippen molar-refractivity contribution in [3.05, 3.63) is 76.0 Å². The summed E-state index contributed by atoms with van der Waals surface area (Å²) in [5.41, 5.74) is 4.50. The van der Waals surface area contributed by atoms with Crippen molar-refractivity contribution in [1.29, 1.82) is 0 Å². The number of para-hydroxylation sites is 1. The Morgan fingerprint density at radius 2 is 1.57 bits per heavy atom. The molecule has 0 aliphatic rings. The molecule has 2 aromatic carbocycles. The first-order chi connectivity index (χ1) is 19.0. The van der Waals surface area contributed by atoms with E-state index in [0.29, 0.717) is 12.2 Å². The lowest BCUT2D eigenvalue weighted by molar-refractivity contribution is -0.683. The molecule has 7 heteroatoms. The Kier molecular flexibility index (Phi) is 16.8. The predicted molar refractivity (Wildman–Crippen MR) is 160 cm³/mol. The maximum atomic E-state index is 14.6. The Morgan fingerprint density at radius 1 is 0.925 bits per heavy atom. The number of aryl methyl sites for hydroxylation is 1. The Hall–Kier alpha value is -2.25. The predicted octanol–water partition coefficient (Wildman–Crippen LogP) is 5.80. The van der Waals surface area contributed by atoms with Gasteiger partial charge in [0.2, 0.25) is 11.4 Å². The van der Waals surface area contributed by atoms with Gasteiger partial charge in [-0.05, 0) is 31.5 Å². The molecule has 3 rings (SSSR count). The van der Waals surface area contributed by atoms with Gasteiger partial charge in [0.1, 0.15) is 0 Å². The third-order valence-electron chi connectivity index (χ3n) is 6.94. The first-order valence-corrected chi connectivity index (χ1v) is 15.7. The van der Waals surface area contributed by atoms with Crippen molar-refractivity contribution in [3.8, 4) is 5.75 Å². The standard InChI is InChI=1S/C33H45FN2O2S.BrH/c1-3-4-5-6-7-8-9-10-11-12-13-14-21-38-33-29(18-16-20-31(33)34)23-32(37)35-30-19-15-17-28(22-30)25-36-24-27(2)39-26-36;/h15-20,22,24,26H,3-14,21,23,25H2,1-2H3;1H. The maximum Gasteiger partial charge on any atom is 0.228 e. The number of nitrogens with one attached hydrogen (secondary N) is 1. The third-order valence-corrected chi connectivity index (χ3v) is 7.79. The minimum Gasteiger partial charge on any atom is -1.00 e. The lowest BCUT2D eigenvalue weighted by Gasteiger charge is -2.13. The fourth-order valence-corrected chi connectivity index (χ4v) is 5.47. The molecule has 1 N–H and O–H groups in total. The fraction of sp³-hybridized carbons (Fsp3) is 0.515. The van der Waals surface area contributed by atoms with Gasteiger partial charge in [0.05, 0.1) is 17.9 Å². The molecular weight excluding hydrogens is 587 g/mol. The van der Waals surface area contributed by atoms with E-state index in [1.807, 2.05) is 24.3 Å². The van der Waals surface area contributed by atoms with E-state index in [9.17, 15) is 9.18 Å². The first kappa shape index (κ1) is 34.0. The maximum absolute atomic E-state index is 14.6. The minimum atomic E-state index is -0.413. The molecular formula is C33H46BrFN2O2S. The number of halogens is 2. The highest BCUT2D eigenvalue weighted by Crippen LogP contribution is 2.24. The molecule has 0 saturated carbocycles. The highest BCUT2D eigenvalue weighted by Gasteiger charge is 2.14. The van der Waals surface area contributed by atoms with E-state index in [1.54, 1.807) is 23.5 Å². The summed E-state index contributed by atoms with van der Waals surface area (Å²) in [5, 5.41) is 2.96. The third kappa shape index (κ3) is 12.9. The smallest absolute Gasteiger partial charge is 0.228 e. The number of anilines is 1. The quantitative estimate of drug-likeness (QED) is 0.134.